The summed E-state index contributed by atoms with van der Waals surface area (Å²) in [4.78, 5) is 30.8. The molecule has 0 spiro atoms. The quantitative estimate of drug-likeness (QED) is 0.635. The van der Waals surface area contributed by atoms with E-state index in [1.165, 1.54) is 16.7 Å². The van der Waals surface area contributed by atoms with Gasteiger partial charge in [-0.3, -0.25) is 4.79 Å². The minimum Gasteiger partial charge on any atom is -0.465 e. The number of amides is 1. The molecule has 0 bridgehead atoms. The predicted molar refractivity (Wildman–Crippen MR) is 113 cm³/mol. The number of esters is 1. The van der Waals surface area contributed by atoms with Gasteiger partial charge in [0.25, 0.3) is 5.91 Å². The Hall–Kier alpha value is -2.77. The van der Waals surface area contributed by atoms with Crippen LogP contribution in [-0.4, -0.2) is 37.1 Å². The van der Waals surface area contributed by atoms with E-state index in [1.807, 2.05) is 18.2 Å². The molecule has 2 N–H and O–H groups in total. The Labute approximate surface area is 173 Å². The number of rotatable bonds is 5. The van der Waals surface area contributed by atoms with Crippen LogP contribution in [0.2, 0.25) is 0 Å². The molecule has 3 aromatic rings. The van der Waals surface area contributed by atoms with Gasteiger partial charge in [-0.1, -0.05) is 24.3 Å². The summed E-state index contributed by atoms with van der Waals surface area (Å²) in [5.74, 6) is -0.567. The van der Waals surface area contributed by atoms with Crippen LogP contribution in [0.4, 0.5) is 5.69 Å². The summed E-state index contributed by atoms with van der Waals surface area (Å²) in [7, 11) is 1.33. The van der Waals surface area contributed by atoms with E-state index in [-0.39, 0.29) is 11.9 Å². The molecule has 7 heteroatoms. The lowest BCUT2D eigenvalue weighted by Gasteiger charge is -2.30. The Bertz CT molecular complexity index is 1000. The van der Waals surface area contributed by atoms with Crippen molar-refractivity contribution in [2.24, 2.45) is 0 Å². The van der Waals surface area contributed by atoms with Gasteiger partial charge in [0.05, 0.1) is 35.1 Å². The van der Waals surface area contributed by atoms with E-state index in [1.54, 1.807) is 35.6 Å². The maximum atomic E-state index is 12.8. The number of benzene rings is 2. The number of fused-ring (bicyclic) bond motifs is 1. The summed E-state index contributed by atoms with van der Waals surface area (Å²) in [5.41, 5.74) is 1.87. The molecule has 1 aliphatic rings. The predicted octanol–water partition coefficient (Wildman–Crippen LogP) is 2.83. The lowest BCUT2D eigenvalue weighted by molar-refractivity contribution is -0.929. The molecule has 2 aromatic carbocycles. The highest BCUT2D eigenvalue weighted by molar-refractivity contribution is 7.18. The van der Waals surface area contributed by atoms with E-state index >= 15 is 0 Å². The number of hydrogen-bond acceptors (Lipinski definition) is 5. The SMILES string of the molecule is COC(=O)c1ccccc1NC(=O)C[NH+]1CCCC[C@@H]1c1nc2ccccc2s1. The average Bonchev–Trinajstić information content (AvgIpc) is 3.18. The third kappa shape index (κ3) is 4.31. The van der Waals surface area contributed by atoms with Gasteiger partial charge >= 0.3 is 5.97 Å². The van der Waals surface area contributed by atoms with Crippen molar-refractivity contribution in [1.29, 1.82) is 0 Å². The van der Waals surface area contributed by atoms with Crippen LogP contribution < -0.4 is 10.2 Å². The molecule has 0 radical (unpaired) electrons. The summed E-state index contributed by atoms with van der Waals surface area (Å²) < 4.78 is 5.99. The number of hydrogen-bond donors (Lipinski definition) is 2. The normalized spacial score (nSPS) is 19.1. The second-order valence-electron chi connectivity index (χ2n) is 7.24. The maximum Gasteiger partial charge on any atom is 0.339 e. The molecular formula is C22H24N3O3S+. The smallest absolute Gasteiger partial charge is 0.339 e. The van der Waals surface area contributed by atoms with Crippen molar-refractivity contribution in [3.05, 3.63) is 59.1 Å². The first kappa shape index (κ1) is 19.5. The van der Waals surface area contributed by atoms with Crippen molar-refractivity contribution < 1.29 is 19.2 Å². The summed E-state index contributed by atoms with van der Waals surface area (Å²) in [6.07, 6.45) is 3.28. The number of para-hydroxylation sites is 2. The molecule has 2 atom stereocenters. The van der Waals surface area contributed by atoms with Crippen molar-refractivity contribution in [3.8, 4) is 0 Å². The van der Waals surface area contributed by atoms with Gasteiger partial charge in [0.1, 0.15) is 6.04 Å². The second-order valence-corrected chi connectivity index (χ2v) is 8.30. The molecule has 1 unspecified atom stereocenters. The molecule has 2 heterocycles. The van der Waals surface area contributed by atoms with Crippen LogP contribution in [-0.2, 0) is 9.53 Å². The first-order valence-corrected chi connectivity index (χ1v) is 10.6. The average molecular weight is 411 g/mol. The van der Waals surface area contributed by atoms with E-state index in [2.05, 4.69) is 11.4 Å². The molecule has 0 aliphatic carbocycles. The second kappa shape index (κ2) is 8.71. The summed E-state index contributed by atoms with van der Waals surface area (Å²) >= 11 is 1.72. The number of nitrogens with zero attached hydrogens (tertiary/aromatic N) is 1. The fraction of sp³-hybridized carbons (Fsp3) is 0.318. The molecule has 1 fully saturated rings. The highest BCUT2D eigenvalue weighted by atomic mass is 32.1. The molecule has 6 nitrogen and oxygen atoms in total. The zero-order chi connectivity index (χ0) is 20.2. The molecule has 1 aliphatic heterocycles. The number of carbonyl (C=O) groups is 2. The Balaban J connectivity index is 1.50. The number of carbonyl (C=O) groups excluding carboxylic acids is 2. The molecule has 1 saturated heterocycles. The van der Waals surface area contributed by atoms with Crippen LogP contribution in [0.5, 0.6) is 0 Å². The molecular weight excluding hydrogens is 386 g/mol. The Morgan fingerprint density at radius 1 is 1.17 bits per heavy atom. The van der Waals surface area contributed by atoms with E-state index in [0.29, 0.717) is 17.8 Å². The highest BCUT2D eigenvalue weighted by Crippen LogP contribution is 2.28. The van der Waals surface area contributed by atoms with Crippen LogP contribution in [0.1, 0.15) is 40.7 Å². The Kier molecular flexibility index (Phi) is 5.87. The largest absolute Gasteiger partial charge is 0.465 e. The molecule has 150 valence electrons. The van der Waals surface area contributed by atoms with Crippen LogP contribution in [0.15, 0.2) is 48.5 Å². The summed E-state index contributed by atoms with van der Waals surface area (Å²) in [6.45, 7) is 1.28. The first-order chi connectivity index (χ1) is 14.2. The fourth-order valence-corrected chi connectivity index (χ4v) is 5.07. The minimum absolute atomic E-state index is 0.107. The third-order valence-corrected chi connectivity index (χ3v) is 6.49. The first-order valence-electron chi connectivity index (χ1n) is 9.83. The van der Waals surface area contributed by atoms with Crippen molar-refractivity contribution >= 4 is 39.1 Å². The Morgan fingerprint density at radius 3 is 2.79 bits per heavy atom. The zero-order valence-electron chi connectivity index (χ0n) is 16.3. The van der Waals surface area contributed by atoms with E-state index in [0.717, 1.165) is 36.3 Å². The lowest BCUT2D eigenvalue weighted by atomic mass is 10.0. The van der Waals surface area contributed by atoms with Gasteiger partial charge in [-0.2, -0.15) is 0 Å². The minimum atomic E-state index is -0.460. The summed E-state index contributed by atoms with van der Waals surface area (Å²) in [5, 5.41) is 3.99. The van der Waals surface area contributed by atoms with Crippen molar-refractivity contribution in [2.75, 3.05) is 25.5 Å². The highest BCUT2D eigenvalue weighted by Gasteiger charge is 2.32. The maximum absolute atomic E-state index is 12.8. The molecule has 1 amide bonds. The number of likely N-dealkylation sites (tertiary alicyclic amines) is 1. The molecule has 29 heavy (non-hydrogen) atoms. The van der Waals surface area contributed by atoms with E-state index in [4.69, 9.17) is 9.72 Å². The van der Waals surface area contributed by atoms with Gasteiger partial charge in [0, 0.05) is 6.42 Å². The number of quaternary nitrogens is 1. The molecule has 1 aromatic heterocycles. The number of thiazole rings is 1. The number of anilines is 1. The van der Waals surface area contributed by atoms with Gasteiger partial charge in [0.15, 0.2) is 11.6 Å². The van der Waals surface area contributed by atoms with Gasteiger partial charge in [0.2, 0.25) is 0 Å². The number of nitrogens with one attached hydrogen (secondary N) is 2. The number of piperidine rings is 1. The standard InChI is InChI=1S/C22H23N3O3S/c1-28-22(27)15-8-2-3-9-16(15)23-20(26)14-25-13-7-6-11-18(25)21-24-17-10-4-5-12-19(17)29-21/h2-5,8-10,12,18H,6-7,11,13-14H2,1H3,(H,23,26)/p+1/t18-/m1/s1. The number of ether oxygens (including phenoxy) is 1. The Morgan fingerprint density at radius 2 is 1.97 bits per heavy atom. The van der Waals surface area contributed by atoms with Crippen LogP contribution in [0.25, 0.3) is 10.2 Å². The topological polar surface area (TPSA) is 72.7 Å². The zero-order valence-corrected chi connectivity index (χ0v) is 17.1. The third-order valence-electron chi connectivity index (χ3n) is 5.34. The molecule has 4 rings (SSSR count). The monoisotopic (exact) mass is 410 g/mol. The van der Waals surface area contributed by atoms with Gasteiger partial charge < -0.3 is 15.0 Å². The van der Waals surface area contributed by atoms with Gasteiger partial charge in [-0.25, -0.2) is 9.78 Å². The van der Waals surface area contributed by atoms with Gasteiger partial charge in [-0.05, 0) is 37.1 Å². The molecule has 0 saturated carbocycles. The van der Waals surface area contributed by atoms with E-state index in [9.17, 15) is 9.59 Å². The number of aromatic nitrogens is 1. The van der Waals surface area contributed by atoms with E-state index < -0.39 is 5.97 Å². The van der Waals surface area contributed by atoms with Crippen LogP contribution in [0.3, 0.4) is 0 Å². The van der Waals surface area contributed by atoms with Crippen molar-refractivity contribution in [2.45, 2.75) is 25.3 Å². The lowest BCUT2D eigenvalue weighted by Crippen LogP contribution is -3.14. The van der Waals surface area contributed by atoms with Crippen molar-refractivity contribution in [3.63, 3.8) is 0 Å². The van der Waals surface area contributed by atoms with Crippen LogP contribution in [0, 0.1) is 0 Å². The number of methoxy groups -OCH3 is 1. The summed E-state index contributed by atoms with van der Waals surface area (Å²) in [6, 6.07) is 15.3. The van der Waals surface area contributed by atoms with Crippen molar-refractivity contribution in [1.82, 2.24) is 4.98 Å². The fourth-order valence-electron chi connectivity index (χ4n) is 3.91. The van der Waals surface area contributed by atoms with Gasteiger partial charge in [-0.15, -0.1) is 11.3 Å². The van der Waals surface area contributed by atoms with Crippen LogP contribution >= 0.6 is 11.3 Å².